The van der Waals surface area contributed by atoms with Crippen molar-refractivity contribution < 1.29 is 14.6 Å². The van der Waals surface area contributed by atoms with E-state index in [0.29, 0.717) is 12.5 Å². The monoisotopic (exact) mass is 425 g/mol. The molecule has 0 aliphatic carbocycles. The molecule has 1 aromatic heterocycles. The smallest absolute Gasteiger partial charge is 0.335 e. The quantitative estimate of drug-likeness (QED) is 0.360. The molecule has 0 amide bonds. The Hall–Kier alpha value is -3.92. The summed E-state index contributed by atoms with van der Waals surface area (Å²) in [5.41, 5.74) is 5.92. The average molecular weight is 426 g/mol. The van der Waals surface area contributed by atoms with Crippen LogP contribution in [-0.2, 0) is 6.61 Å². The van der Waals surface area contributed by atoms with Crippen molar-refractivity contribution in [3.8, 4) is 28.1 Å². The maximum absolute atomic E-state index is 11.4. The standard InChI is InChI=1S/C26H21NO3.C2H6/c1-18-14-24(25(27-16-18)30-17-19-8-3-2-4-9-19)23-13-6-5-12-22(23)20-10-7-11-21(15-20)26(28)29;1-2/h2-16H,17H2,1H3,(H,28,29);1-2H3. The molecule has 0 fully saturated rings. The molecule has 0 spiro atoms. The van der Waals surface area contributed by atoms with Crippen LogP contribution in [0.3, 0.4) is 0 Å². The molecular weight excluding hydrogens is 398 g/mol. The fraction of sp³-hybridized carbons (Fsp3) is 0.143. The predicted octanol–water partition coefficient (Wildman–Crippen LogP) is 7.03. The first-order valence-corrected chi connectivity index (χ1v) is 10.7. The van der Waals surface area contributed by atoms with Crippen molar-refractivity contribution in [2.75, 3.05) is 0 Å². The third-order valence-electron chi connectivity index (χ3n) is 4.84. The number of hydrogen-bond acceptors (Lipinski definition) is 3. The van der Waals surface area contributed by atoms with Gasteiger partial charge >= 0.3 is 5.97 Å². The molecule has 0 aliphatic heterocycles. The maximum atomic E-state index is 11.4. The van der Waals surface area contributed by atoms with Gasteiger partial charge in [-0.15, -0.1) is 0 Å². The van der Waals surface area contributed by atoms with Crippen LogP contribution in [0.15, 0.2) is 91.1 Å². The molecule has 0 saturated heterocycles. The van der Waals surface area contributed by atoms with Crippen LogP contribution < -0.4 is 4.74 Å². The topological polar surface area (TPSA) is 59.4 Å². The highest BCUT2D eigenvalue weighted by Crippen LogP contribution is 2.37. The van der Waals surface area contributed by atoms with Crippen molar-refractivity contribution in [1.29, 1.82) is 0 Å². The molecule has 0 atom stereocenters. The second kappa shape index (κ2) is 10.9. The van der Waals surface area contributed by atoms with E-state index in [-0.39, 0.29) is 5.56 Å². The van der Waals surface area contributed by atoms with E-state index in [4.69, 9.17) is 4.74 Å². The Morgan fingerprint density at radius 2 is 1.53 bits per heavy atom. The highest BCUT2D eigenvalue weighted by atomic mass is 16.5. The highest BCUT2D eigenvalue weighted by molar-refractivity contribution is 5.92. The number of carboxylic acids is 1. The number of carbonyl (C=O) groups is 1. The van der Waals surface area contributed by atoms with Gasteiger partial charge in [0.15, 0.2) is 0 Å². The molecule has 4 nitrogen and oxygen atoms in total. The summed E-state index contributed by atoms with van der Waals surface area (Å²) in [7, 11) is 0. The van der Waals surface area contributed by atoms with Gasteiger partial charge < -0.3 is 9.84 Å². The average Bonchev–Trinajstić information content (AvgIpc) is 2.85. The van der Waals surface area contributed by atoms with Crippen LogP contribution in [0.5, 0.6) is 5.88 Å². The van der Waals surface area contributed by atoms with E-state index in [1.165, 1.54) is 0 Å². The number of hydrogen-bond donors (Lipinski definition) is 1. The Morgan fingerprint density at radius 1 is 0.844 bits per heavy atom. The third-order valence-corrected chi connectivity index (χ3v) is 4.84. The van der Waals surface area contributed by atoms with Crippen LogP contribution in [0.2, 0.25) is 0 Å². The zero-order valence-corrected chi connectivity index (χ0v) is 18.6. The maximum Gasteiger partial charge on any atom is 0.335 e. The van der Waals surface area contributed by atoms with E-state index in [2.05, 4.69) is 4.98 Å². The van der Waals surface area contributed by atoms with Gasteiger partial charge in [0, 0.05) is 11.8 Å². The van der Waals surface area contributed by atoms with E-state index in [1.54, 1.807) is 24.4 Å². The zero-order chi connectivity index (χ0) is 22.9. The number of aromatic carboxylic acids is 1. The number of rotatable bonds is 6. The van der Waals surface area contributed by atoms with Crippen LogP contribution in [-0.4, -0.2) is 16.1 Å². The fourth-order valence-electron chi connectivity index (χ4n) is 3.38. The molecule has 0 bridgehead atoms. The zero-order valence-electron chi connectivity index (χ0n) is 18.6. The van der Waals surface area contributed by atoms with Crippen LogP contribution in [0.1, 0.15) is 35.3 Å². The fourth-order valence-corrected chi connectivity index (χ4v) is 3.38. The van der Waals surface area contributed by atoms with Gasteiger partial charge in [0.2, 0.25) is 5.88 Å². The van der Waals surface area contributed by atoms with E-state index >= 15 is 0 Å². The van der Waals surface area contributed by atoms with Gasteiger partial charge in [-0.3, -0.25) is 0 Å². The number of ether oxygens (including phenoxy) is 1. The van der Waals surface area contributed by atoms with E-state index < -0.39 is 5.97 Å². The second-order valence-corrected chi connectivity index (χ2v) is 7.07. The Balaban J connectivity index is 0.00000141. The summed E-state index contributed by atoms with van der Waals surface area (Å²) < 4.78 is 6.08. The van der Waals surface area contributed by atoms with Crippen LogP contribution >= 0.6 is 0 Å². The van der Waals surface area contributed by atoms with Gasteiger partial charge in [-0.25, -0.2) is 9.78 Å². The summed E-state index contributed by atoms with van der Waals surface area (Å²) in [6.45, 7) is 6.41. The Labute approximate surface area is 189 Å². The van der Waals surface area contributed by atoms with Crippen LogP contribution in [0.25, 0.3) is 22.3 Å². The summed E-state index contributed by atoms with van der Waals surface area (Å²) in [4.78, 5) is 16.0. The summed E-state index contributed by atoms with van der Waals surface area (Å²) in [6, 6.07) is 26.9. The molecule has 1 heterocycles. The lowest BCUT2D eigenvalue weighted by molar-refractivity contribution is 0.0697. The van der Waals surface area contributed by atoms with Crippen molar-refractivity contribution in [2.24, 2.45) is 0 Å². The lowest BCUT2D eigenvalue weighted by Gasteiger charge is -2.15. The van der Waals surface area contributed by atoms with E-state index in [9.17, 15) is 9.90 Å². The van der Waals surface area contributed by atoms with Crippen molar-refractivity contribution >= 4 is 5.97 Å². The molecule has 4 heteroatoms. The first kappa shape index (κ1) is 22.8. The molecule has 0 saturated carbocycles. The number of carboxylic acid groups (broad SMARTS) is 1. The van der Waals surface area contributed by atoms with Crippen molar-refractivity contribution in [3.05, 3.63) is 108 Å². The van der Waals surface area contributed by atoms with E-state index in [1.807, 2.05) is 87.5 Å². The predicted molar refractivity (Wildman–Crippen MR) is 129 cm³/mol. The summed E-state index contributed by atoms with van der Waals surface area (Å²) in [5, 5.41) is 9.37. The lowest BCUT2D eigenvalue weighted by atomic mass is 9.93. The van der Waals surface area contributed by atoms with Gasteiger partial charge in [0.25, 0.3) is 0 Å². The minimum atomic E-state index is -0.946. The second-order valence-electron chi connectivity index (χ2n) is 7.07. The molecule has 1 N–H and O–H groups in total. The minimum absolute atomic E-state index is 0.255. The first-order chi connectivity index (χ1) is 15.6. The minimum Gasteiger partial charge on any atom is -0.478 e. The van der Waals surface area contributed by atoms with Crippen molar-refractivity contribution in [1.82, 2.24) is 4.98 Å². The largest absolute Gasteiger partial charge is 0.478 e. The summed E-state index contributed by atoms with van der Waals surface area (Å²) >= 11 is 0. The molecule has 4 aromatic rings. The number of aromatic nitrogens is 1. The molecular formula is C28H27NO3. The number of nitrogens with zero attached hydrogens (tertiary/aromatic N) is 1. The Morgan fingerprint density at radius 3 is 2.25 bits per heavy atom. The summed E-state index contributed by atoms with van der Waals surface area (Å²) in [5.74, 6) is -0.398. The van der Waals surface area contributed by atoms with Crippen LogP contribution in [0, 0.1) is 6.92 Å². The van der Waals surface area contributed by atoms with E-state index in [0.717, 1.165) is 33.4 Å². The SMILES string of the molecule is CC.Cc1cnc(OCc2ccccc2)c(-c2ccccc2-c2cccc(C(=O)O)c2)c1. The van der Waals surface area contributed by atoms with Gasteiger partial charge in [0.05, 0.1) is 5.56 Å². The van der Waals surface area contributed by atoms with Crippen molar-refractivity contribution in [3.63, 3.8) is 0 Å². The molecule has 162 valence electrons. The molecule has 0 aliphatic rings. The first-order valence-electron chi connectivity index (χ1n) is 10.7. The van der Waals surface area contributed by atoms with Gasteiger partial charge in [0.1, 0.15) is 6.61 Å². The van der Waals surface area contributed by atoms with Crippen molar-refractivity contribution in [2.45, 2.75) is 27.4 Å². The molecule has 4 rings (SSSR count). The highest BCUT2D eigenvalue weighted by Gasteiger charge is 2.15. The molecule has 32 heavy (non-hydrogen) atoms. The molecule has 0 radical (unpaired) electrons. The molecule has 3 aromatic carbocycles. The van der Waals surface area contributed by atoms with Crippen LogP contribution in [0.4, 0.5) is 0 Å². The Kier molecular flexibility index (Phi) is 7.76. The number of aryl methyl sites for hydroxylation is 1. The Bertz CT molecular complexity index is 1190. The number of pyridine rings is 1. The van der Waals surface area contributed by atoms with Gasteiger partial charge in [-0.2, -0.15) is 0 Å². The van der Waals surface area contributed by atoms with Gasteiger partial charge in [-0.1, -0.05) is 80.6 Å². The third kappa shape index (κ3) is 5.41. The lowest BCUT2D eigenvalue weighted by Crippen LogP contribution is -2.00. The summed E-state index contributed by atoms with van der Waals surface area (Å²) in [6.07, 6.45) is 1.79. The number of benzene rings is 3. The normalized spacial score (nSPS) is 10.1. The van der Waals surface area contributed by atoms with Gasteiger partial charge in [-0.05, 0) is 52.9 Å². The molecule has 0 unspecified atom stereocenters.